The molecule has 1 aromatic heterocycles. The summed E-state index contributed by atoms with van der Waals surface area (Å²) < 4.78 is 7.14. The first kappa shape index (κ1) is 23.6. The minimum atomic E-state index is -0.218. The summed E-state index contributed by atoms with van der Waals surface area (Å²) in [4.78, 5) is 44.6. The molecular formula is C29H32N4O4. The van der Waals surface area contributed by atoms with E-state index in [-0.39, 0.29) is 29.9 Å². The van der Waals surface area contributed by atoms with Crippen molar-refractivity contribution in [1.82, 2.24) is 14.4 Å². The molecule has 1 fully saturated rings. The quantitative estimate of drug-likeness (QED) is 0.512. The third kappa shape index (κ3) is 3.77. The van der Waals surface area contributed by atoms with Gasteiger partial charge in [0.2, 0.25) is 5.91 Å². The number of aryl methyl sites for hydroxylation is 1. The van der Waals surface area contributed by atoms with E-state index in [0.717, 1.165) is 28.9 Å². The molecular weight excluding hydrogens is 468 g/mol. The van der Waals surface area contributed by atoms with Gasteiger partial charge in [-0.3, -0.25) is 14.4 Å². The molecule has 8 nitrogen and oxygen atoms in total. The molecule has 4 heterocycles. The summed E-state index contributed by atoms with van der Waals surface area (Å²) in [5.41, 5.74) is 5.14. The van der Waals surface area contributed by atoms with Crippen LogP contribution in [-0.2, 0) is 27.3 Å². The number of methoxy groups -OCH3 is 1. The van der Waals surface area contributed by atoms with Crippen molar-refractivity contribution in [3.05, 3.63) is 65.4 Å². The number of carbonyl (C=O) groups excluding carboxylic acids is 3. The highest BCUT2D eigenvalue weighted by Crippen LogP contribution is 2.44. The lowest BCUT2D eigenvalue weighted by atomic mass is 9.96. The maximum atomic E-state index is 13.5. The lowest BCUT2D eigenvalue weighted by Gasteiger charge is -2.46. The molecule has 6 rings (SSSR count). The highest BCUT2D eigenvalue weighted by Gasteiger charge is 2.42. The average molecular weight is 501 g/mol. The Bertz CT molecular complexity index is 1390. The van der Waals surface area contributed by atoms with Crippen molar-refractivity contribution in [3.63, 3.8) is 0 Å². The smallest absolute Gasteiger partial charge is 0.308 e. The number of rotatable bonds is 4. The van der Waals surface area contributed by atoms with Gasteiger partial charge in [0.1, 0.15) is 6.17 Å². The van der Waals surface area contributed by atoms with Gasteiger partial charge in [-0.15, -0.1) is 0 Å². The van der Waals surface area contributed by atoms with Gasteiger partial charge < -0.3 is 24.0 Å². The number of esters is 1. The van der Waals surface area contributed by atoms with E-state index in [1.807, 2.05) is 40.1 Å². The van der Waals surface area contributed by atoms with Crippen molar-refractivity contribution in [2.24, 2.45) is 5.92 Å². The number of ether oxygens (including phenoxy) is 1. The highest BCUT2D eigenvalue weighted by molar-refractivity contribution is 6.02. The minimum absolute atomic E-state index is 0.0608. The maximum absolute atomic E-state index is 13.5. The van der Waals surface area contributed by atoms with E-state index in [9.17, 15) is 14.4 Å². The number of hydrogen-bond donors (Lipinski definition) is 0. The number of carbonyl (C=O) groups is 3. The molecule has 8 heteroatoms. The number of piperidine rings is 1. The third-order valence-electron chi connectivity index (χ3n) is 8.34. The molecule has 2 aromatic carbocycles. The molecule has 1 saturated heterocycles. The van der Waals surface area contributed by atoms with Crippen LogP contribution >= 0.6 is 0 Å². The van der Waals surface area contributed by atoms with Crippen LogP contribution in [0, 0.1) is 5.92 Å². The molecule has 192 valence electrons. The number of fused-ring (bicyclic) bond motifs is 6. The Labute approximate surface area is 216 Å². The predicted octanol–water partition coefficient (Wildman–Crippen LogP) is 3.59. The van der Waals surface area contributed by atoms with Gasteiger partial charge in [-0.2, -0.15) is 0 Å². The molecule has 0 bridgehead atoms. The van der Waals surface area contributed by atoms with Crippen LogP contribution in [0.3, 0.4) is 0 Å². The number of para-hydroxylation sites is 2. The minimum Gasteiger partial charge on any atom is -0.469 e. The van der Waals surface area contributed by atoms with E-state index < -0.39 is 0 Å². The summed E-state index contributed by atoms with van der Waals surface area (Å²) >= 11 is 0. The Morgan fingerprint density at radius 3 is 2.51 bits per heavy atom. The van der Waals surface area contributed by atoms with Gasteiger partial charge in [-0.1, -0.05) is 30.3 Å². The van der Waals surface area contributed by atoms with Crippen LogP contribution in [0.5, 0.6) is 0 Å². The molecule has 0 aliphatic carbocycles. The van der Waals surface area contributed by atoms with Gasteiger partial charge in [0.25, 0.3) is 5.91 Å². The molecule has 37 heavy (non-hydrogen) atoms. The van der Waals surface area contributed by atoms with Gasteiger partial charge >= 0.3 is 5.97 Å². The molecule has 0 saturated carbocycles. The molecule has 0 radical (unpaired) electrons. The first-order valence-electron chi connectivity index (χ1n) is 13.1. The summed E-state index contributed by atoms with van der Waals surface area (Å²) in [5, 5.41) is 1.20. The average Bonchev–Trinajstić information content (AvgIpc) is 3.27. The highest BCUT2D eigenvalue weighted by atomic mass is 16.5. The summed E-state index contributed by atoms with van der Waals surface area (Å²) in [6.07, 6.45) is 2.22. The Hall–Kier alpha value is -3.81. The van der Waals surface area contributed by atoms with Crippen LogP contribution in [0.2, 0.25) is 0 Å². The number of anilines is 1. The second-order valence-corrected chi connectivity index (χ2v) is 10.2. The lowest BCUT2D eigenvalue weighted by Crippen LogP contribution is -2.51. The third-order valence-corrected chi connectivity index (χ3v) is 8.34. The van der Waals surface area contributed by atoms with E-state index in [2.05, 4.69) is 34.7 Å². The van der Waals surface area contributed by atoms with Crippen LogP contribution in [0.1, 0.15) is 47.0 Å². The fourth-order valence-electron chi connectivity index (χ4n) is 6.45. The Morgan fingerprint density at radius 1 is 1.00 bits per heavy atom. The van der Waals surface area contributed by atoms with E-state index in [1.54, 1.807) is 0 Å². The van der Waals surface area contributed by atoms with Crippen molar-refractivity contribution in [1.29, 1.82) is 0 Å². The number of hydrogen-bond acceptors (Lipinski definition) is 5. The van der Waals surface area contributed by atoms with Crippen molar-refractivity contribution >= 4 is 34.4 Å². The number of aromatic nitrogens is 1. The molecule has 1 unspecified atom stereocenters. The Morgan fingerprint density at radius 2 is 1.73 bits per heavy atom. The summed E-state index contributed by atoms with van der Waals surface area (Å²) in [7, 11) is 3.47. The standard InChI is InChI=1S/C29H32N4O4/c1-30-23-9-5-4-8-22(23)28(35)33-17-13-21-20-7-3-6-10-24(20)32(26(21)27(30)33)18-14-25(34)31-15-11-19(12-16-31)29(36)37-2/h3-10,19,27H,11-18H2,1-2H3. The van der Waals surface area contributed by atoms with Crippen molar-refractivity contribution < 1.29 is 19.1 Å². The molecule has 3 aliphatic heterocycles. The SMILES string of the molecule is COC(=O)C1CCN(C(=O)CCn2c3c(c4ccccc42)CCN2C(=O)c4ccccc4N(C)C32)CC1. The fraction of sp³-hybridized carbons (Fsp3) is 0.414. The van der Waals surface area contributed by atoms with Gasteiger partial charge in [0.05, 0.1) is 30.0 Å². The number of benzene rings is 2. The number of amides is 2. The Balaban J connectivity index is 1.31. The topological polar surface area (TPSA) is 75.1 Å². The molecule has 2 amide bonds. The summed E-state index contributed by atoms with van der Waals surface area (Å²) in [6.45, 7) is 2.36. The Kier molecular flexibility index (Phi) is 5.89. The molecule has 3 aliphatic rings. The summed E-state index contributed by atoms with van der Waals surface area (Å²) in [5.74, 6) is -0.149. The molecule has 1 atom stereocenters. The van der Waals surface area contributed by atoms with Crippen LogP contribution in [-0.4, -0.2) is 65.9 Å². The van der Waals surface area contributed by atoms with Crippen molar-refractivity contribution in [2.45, 2.75) is 38.4 Å². The lowest BCUT2D eigenvalue weighted by molar-refractivity contribution is -0.148. The maximum Gasteiger partial charge on any atom is 0.308 e. The van der Waals surface area contributed by atoms with Crippen LogP contribution in [0.4, 0.5) is 5.69 Å². The molecule has 0 N–H and O–H groups in total. The molecule has 3 aromatic rings. The van der Waals surface area contributed by atoms with Crippen LogP contribution in [0.25, 0.3) is 10.9 Å². The first-order chi connectivity index (χ1) is 18.0. The molecule has 0 spiro atoms. The zero-order valence-electron chi connectivity index (χ0n) is 21.4. The van der Waals surface area contributed by atoms with E-state index in [1.165, 1.54) is 18.1 Å². The number of nitrogens with zero attached hydrogens (tertiary/aromatic N) is 4. The predicted molar refractivity (Wildman–Crippen MR) is 140 cm³/mol. The second-order valence-electron chi connectivity index (χ2n) is 10.2. The largest absolute Gasteiger partial charge is 0.469 e. The zero-order chi connectivity index (χ0) is 25.7. The number of likely N-dealkylation sites (tertiary alicyclic amines) is 1. The van der Waals surface area contributed by atoms with E-state index in [0.29, 0.717) is 45.4 Å². The van der Waals surface area contributed by atoms with Crippen molar-refractivity contribution in [3.8, 4) is 0 Å². The van der Waals surface area contributed by atoms with Crippen LogP contribution < -0.4 is 4.90 Å². The zero-order valence-corrected chi connectivity index (χ0v) is 21.4. The van der Waals surface area contributed by atoms with Gasteiger partial charge in [-0.05, 0) is 43.0 Å². The van der Waals surface area contributed by atoms with Gasteiger partial charge in [0, 0.05) is 50.6 Å². The van der Waals surface area contributed by atoms with E-state index in [4.69, 9.17) is 4.74 Å². The summed E-state index contributed by atoms with van der Waals surface area (Å²) in [6, 6.07) is 16.1. The monoisotopic (exact) mass is 500 g/mol. The van der Waals surface area contributed by atoms with Crippen molar-refractivity contribution in [2.75, 3.05) is 38.7 Å². The second kappa shape index (κ2) is 9.25. The van der Waals surface area contributed by atoms with Gasteiger partial charge in [0.15, 0.2) is 0 Å². The van der Waals surface area contributed by atoms with Gasteiger partial charge in [-0.25, -0.2) is 0 Å². The van der Waals surface area contributed by atoms with Crippen LogP contribution in [0.15, 0.2) is 48.5 Å². The first-order valence-corrected chi connectivity index (χ1v) is 13.1. The van der Waals surface area contributed by atoms with E-state index >= 15 is 0 Å². The normalized spacial score (nSPS) is 19.5. The fourth-order valence-corrected chi connectivity index (χ4v) is 6.45.